The van der Waals surface area contributed by atoms with Crippen molar-refractivity contribution in [1.29, 1.82) is 5.41 Å². The Morgan fingerprint density at radius 2 is 1.92 bits per heavy atom. The van der Waals surface area contributed by atoms with E-state index >= 15 is 0 Å². The van der Waals surface area contributed by atoms with Crippen LogP contribution in [0.4, 0.5) is 22.1 Å². The summed E-state index contributed by atoms with van der Waals surface area (Å²) in [6.07, 6.45) is 7.71. The number of likely N-dealkylation sites (tertiary alicyclic amines) is 1. The topological polar surface area (TPSA) is 142 Å². The van der Waals surface area contributed by atoms with Crippen molar-refractivity contribution in [3.8, 4) is 5.75 Å². The Morgan fingerprint density at radius 1 is 1.21 bits per heavy atom. The van der Waals surface area contributed by atoms with Gasteiger partial charge in [0.1, 0.15) is 29.3 Å². The largest absolute Gasteiger partial charge is 0.495 e. The maximum absolute atomic E-state index is 12.3. The zero-order valence-electron chi connectivity index (χ0n) is 23.1. The lowest BCUT2D eigenvalue weighted by Crippen LogP contribution is -2.45. The summed E-state index contributed by atoms with van der Waals surface area (Å²) in [4.78, 5) is 25.9. The molecule has 2 aromatic rings. The second-order valence-electron chi connectivity index (χ2n) is 11.1. The van der Waals surface area contributed by atoms with Gasteiger partial charge in [-0.15, -0.1) is 0 Å². The van der Waals surface area contributed by atoms with Crippen molar-refractivity contribution in [3.63, 3.8) is 0 Å². The maximum atomic E-state index is 12.3. The summed E-state index contributed by atoms with van der Waals surface area (Å²) in [6, 6.07) is 6.62. The van der Waals surface area contributed by atoms with Gasteiger partial charge in [0, 0.05) is 30.7 Å². The highest BCUT2D eigenvalue weighted by atomic mass is 16.6. The van der Waals surface area contributed by atoms with E-state index in [1.54, 1.807) is 18.2 Å². The van der Waals surface area contributed by atoms with Gasteiger partial charge in [0.2, 0.25) is 0 Å². The van der Waals surface area contributed by atoms with E-state index in [4.69, 9.17) is 20.6 Å². The molecule has 39 heavy (non-hydrogen) atoms. The Hall–Kier alpha value is -3.44. The van der Waals surface area contributed by atoms with Crippen LogP contribution in [0.25, 0.3) is 0 Å². The third kappa shape index (κ3) is 6.59. The van der Waals surface area contributed by atoms with Crippen LogP contribution in [-0.2, 0) is 4.74 Å². The number of carbonyl (C=O) groups is 1. The summed E-state index contributed by atoms with van der Waals surface area (Å²) in [5.41, 5.74) is 7.47. The van der Waals surface area contributed by atoms with E-state index in [9.17, 15) is 4.79 Å². The molecule has 1 amide bonds. The monoisotopic (exact) mass is 536 g/mol. The predicted molar refractivity (Wildman–Crippen MR) is 152 cm³/mol. The highest BCUT2D eigenvalue weighted by Gasteiger charge is 2.41. The van der Waals surface area contributed by atoms with Crippen LogP contribution in [0.2, 0.25) is 0 Å². The molecule has 11 heteroatoms. The molecule has 1 aliphatic heterocycles. The summed E-state index contributed by atoms with van der Waals surface area (Å²) in [5.74, 6) is 1.16. The van der Waals surface area contributed by atoms with Gasteiger partial charge in [0.25, 0.3) is 0 Å². The fourth-order valence-electron chi connectivity index (χ4n) is 5.17. The van der Waals surface area contributed by atoms with E-state index in [1.807, 2.05) is 6.92 Å². The first-order valence-electron chi connectivity index (χ1n) is 13.8. The van der Waals surface area contributed by atoms with Crippen molar-refractivity contribution in [1.82, 2.24) is 19.8 Å². The van der Waals surface area contributed by atoms with E-state index in [1.165, 1.54) is 39.1 Å². The molecule has 0 unspecified atom stereocenters. The summed E-state index contributed by atoms with van der Waals surface area (Å²) in [7, 11) is 3.79. The van der Waals surface area contributed by atoms with Gasteiger partial charge in [0.15, 0.2) is 0 Å². The molecule has 0 radical (unpaired) electrons. The van der Waals surface area contributed by atoms with Gasteiger partial charge in [-0.2, -0.15) is 0 Å². The number of hydrogen-bond donors (Lipinski definition) is 4. The molecule has 3 fully saturated rings. The van der Waals surface area contributed by atoms with Crippen molar-refractivity contribution in [3.05, 3.63) is 35.7 Å². The number of rotatable bonds is 11. The Bertz CT molecular complexity index is 1210. The predicted octanol–water partition coefficient (Wildman–Crippen LogP) is 3.56. The average molecular weight is 537 g/mol. The zero-order chi connectivity index (χ0) is 27.6. The molecule has 0 atom stereocenters. The number of nitrogens with one attached hydrogen (secondary N) is 3. The number of ether oxygens (including phenoxy) is 2. The fourth-order valence-corrected chi connectivity index (χ4v) is 5.17. The number of carbonyl (C=O) groups excluding carboxylic acids is 1. The Balaban J connectivity index is 1.20. The molecule has 2 heterocycles. The molecule has 2 aliphatic carbocycles. The number of nitrogen functional groups attached to an aromatic ring is 1. The van der Waals surface area contributed by atoms with Crippen LogP contribution in [0.1, 0.15) is 56.6 Å². The first-order chi connectivity index (χ1) is 18.8. The minimum atomic E-state index is -0.525. The Morgan fingerprint density at radius 3 is 2.59 bits per heavy atom. The van der Waals surface area contributed by atoms with E-state index in [0.29, 0.717) is 41.0 Å². The maximum Gasteiger partial charge on any atom is 0.412 e. The lowest BCUT2D eigenvalue weighted by molar-refractivity contribution is 0.107. The molecule has 2 saturated carbocycles. The minimum absolute atomic E-state index is 0.164. The van der Waals surface area contributed by atoms with Crippen LogP contribution in [0, 0.1) is 5.41 Å². The van der Waals surface area contributed by atoms with E-state index in [0.717, 1.165) is 38.5 Å². The van der Waals surface area contributed by atoms with Crippen LogP contribution in [-0.4, -0.2) is 89.6 Å². The fraction of sp³-hybridized carbons (Fsp3) is 0.571. The number of hydrogen-bond acceptors (Lipinski definition) is 10. The molecule has 3 aliphatic rings. The lowest BCUT2D eigenvalue weighted by atomic mass is 10.0. The number of anilines is 3. The van der Waals surface area contributed by atoms with Crippen LogP contribution in [0.3, 0.4) is 0 Å². The number of amides is 1. The first kappa shape index (κ1) is 27.1. The third-order valence-electron chi connectivity index (χ3n) is 8.12. The Kier molecular flexibility index (Phi) is 7.90. The first-order valence-corrected chi connectivity index (χ1v) is 13.8. The third-order valence-corrected chi connectivity index (χ3v) is 8.12. The molecule has 11 nitrogen and oxygen atoms in total. The number of aromatic nitrogens is 2. The molecule has 0 bridgehead atoms. The van der Waals surface area contributed by atoms with Crippen LogP contribution >= 0.6 is 0 Å². The number of nitrogens with zero attached hydrogens (tertiary/aromatic N) is 4. The SMILES string of the molecule is COc1cc(C(=N)c2c(N)ncnc2NCCN2CCC(N(C)C3CC3)CC2)ccc1NC(=O)OC1(C)CC1. The number of benzene rings is 1. The van der Waals surface area contributed by atoms with Crippen LogP contribution < -0.4 is 21.1 Å². The molecule has 1 aromatic heterocycles. The highest BCUT2D eigenvalue weighted by molar-refractivity contribution is 6.16. The van der Waals surface area contributed by atoms with Crippen molar-refractivity contribution in [2.24, 2.45) is 0 Å². The standard InChI is InChI=1S/C28H40N8O3/c1-28(10-11-28)39-27(37)34-21-7-4-18(16-22(21)38-3)24(29)23-25(30)32-17-33-26(23)31-12-15-36-13-8-20(9-14-36)35(2)19-5-6-19/h4,7,16-17,19-20,29H,5-6,8-15H2,1-3H3,(H,34,37)(H3,30,31,32,33). The summed E-state index contributed by atoms with van der Waals surface area (Å²) in [6.45, 7) is 5.66. The molecule has 1 aromatic carbocycles. The van der Waals surface area contributed by atoms with E-state index < -0.39 is 6.09 Å². The van der Waals surface area contributed by atoms with Gasteiger partial charge in [-0.1, -0.05) is 6.07 Å². The quantitative estimate of drug-likeness (QED) is 0.317. The summed E-state index contributed by atoms with van der Waals surface area (Å²) < 4.78 is 10.9. The van der Waals surface area contributed by atoms with Crippen LogP contribution in [0.15, 0.2) is 24.5 Å². The van der Waals surface area contributed by atoms with Crippen molar-refractivity contribution < 1.29 is 14.3 Å². The zero-order valence-corrected chi connectivity index (χ0v) is 23.1. The molecule has 5 N–H and O–H groups in total. The molecule has 210 valence electrons. The van der Waals surface area contributed by atoms with Gasteiger partial charge in [-0.25, -0.2) is 14.8 Å². The number of piperidine rings is 1. The van der Waals surface area contributed by atoms with Crippen molar-refractivity contribution >= 4 is 29.1 Å². The van der Waals surface area contributed by atoms with Gasteiger partial charge in [-0.3, -0.25) is 10.7 Å². The second kappa shape index (κ2) is 11.4. The minimum Gasteiger partial charge on any atom is -0.495 e. The lowest BCUT2D eigenvalue weighted by Gasteiger charge is -2.37. The number of nitrogens with two attached hydrogens (primary N) is 1. The molecule has 1 saturated heterocycles. The summed E-state index contributed by atoms with van der Waals surface area (Å²) >= 11 is 0. The van der Waals surface area contributed by atoms with Gasteiger partial charge in [-0.05, 0) is 77.7 Å². The van der Waals surface area contributed by atoms with Crippen molar-refractivity contribution in [2.45, 2.75) is 63.1 Å². The van der Waals surface area contributed by atoms with Gasteiger partial charge in [0.05, 0.1) is 24.1 Å². The average Bonchev–Trinajstić information content (AvgIpc) is 3.86. The number of methoxy groups -OCH3 is 1. The van der Waals surface area contributed by atoms with E-state index in [-0.39, 0.29) is 17.1 Å². The Labute approximate surface area is 230 Å². The normalized spacial score (nSPS) is 19.0. The van der Waals surface area contributed by atoms with Gasteiger partial charge < -0.3 is 30.3 Å². The molecule has 5 rings (SSSR count). The van der Waals surface area contributed by atoms with Crippen molar-refractivity contribution in [2.75, 3.05) is 56.7 Å². The highest BCUT2D eigenvalue weighted by Crippen LogP contribution is 2.39. The summed E-state index contributed by atoms with van der Waals surface area (Å²) in [5, 5.41) is 15.0. The second-order valence-corrected chi connectivity index (χ2v) is 11.1. The molecule has 0 spiro atoms. The molecular weight excluding hydrogens is 496 g/mol. The van der Waals surface area contributed by atoms with Crippen LogP contribution in [0.5, 0.6) is 5.75 Å². The smallest absolute Gasteiger partial charge is 0.412 e. The van der Waals surface area contributed by atoms with Gasteiger partial charge >= 0.3 is 6.09 Å². The molecular formula is C28H40N8O3. The van der Waals surface area contributed by atoms with E-state index in [2.05, 4.69) is 37.4 Å².